The second-order valence-electron chi connectivity index (χ2n) is 2.30. The summed E-state index contributed by atoms with van der Waals surface area (Å²) in [4.78, 5) is 1.03. The molecule has 2 nitrogen and oxygen atoms in total. The number of nitrogens with one attached hydrogen (secondary N) is 2. The number of thioether (sulfide) groups is 1. The van der Waals surface area contributed by atoms with Gasteiger partial charge in [0.2, 0.25) is 0 Å². The molecule has 1 aliphatic rings. The molecule has 0 radical (unpaired) electrons. The molecule has 0 bridgehead atoms. The van der Waals surface area contributed by atoms with Gasteiger partial charge >= 0.3 is 0 Å². The summed E-state index contributed by atoms with van der Waals surface area (Å²) in [5.41, 5.74) is 1.24. The zero-order valence-corrected chi connectivity index (χ0v) is 6.53. The SMILES string of the molecule is N=C1Sc2ccccc2C1=N. The van der Waals surface area contributed by atoms with E-state index in [2.05, 4.69) is 0 Å². The van der Waals surface area contributed by atoms with Crippen LogP contribution < -0.4 is 0 Å². The third-order valence-corrected chi connectivity index (χ3v) is 2.58. The fourth-order valence-corrected chi connectivity index (χ4v) is 1.90. The van der Waals surface area contributed by atoms with Crippen molar-refractivity contribution in [2.45, 2.75) is 4.90 Å². The lowest BCUT2D eigenvalue weighted by atomic mass is 10.1. The molecule has 0 atom stereocenters. The van der Waals surface area contributed by atoms with Gasteiger partial charge in [-0.25, -0.2) is 0 Å². The van der Waals surface area contributed by atoms with Crippen LogP contribution in [-0.4, -0.2) is 10.8 Å². The first-order valence-electron chi connectivity index (χ1n) is 3.24. The second kappa shape index (κ2) is 2.20. The molecule has 0 fully saturated rings. The number of hydrogen-bond acceptors (Lipinski definition) is 3. The van der Waals surface area contributed by atoms with Crippen molar-refractivity contribution >= 4 is 22.5 Å². The summed E-state index contributed by atoms with van der Waals surface area (Å²) in [7, 11) is 0. The topological polar surface area (TPSA) is 47.7 Å². The molecular weight excluding hydrogens is 156 g/mol. The van der Waals surface area contributed by atoms with Crippen LogP contribution in [0.15, 0.2) is 29.2 Å². The highest BCUT2D eigenvalue weighted by atomic mass is 32.2. The van der Waals surface area contributed by atoms with E-state index in [1.54, 1.807) is 0 Å². The molecule has 1 heterocycles. The van der Waals surface area contributed by atoms with Crippen molar-refractivity contribution in [3.05, 3.63) is 29.8 Å². The zero-order chi connectivity index (χ0) is 7.84. The van der Waals surface area contributed by atoms with E-state index >= 15 is 0 Å². The van der Waals surface area contributed by atoms with Gasteiger partial charge in [-0.15, -0.1) is 0 Å². The summed E-state index contributed by atoms with van der Waals surface area (Å²) in [5, 5.41) is 15.2. The molecule has 0 amide bonds. The molecule has 1 aromatic rings. The fraction of sp³-hybridized carbons (Fsp3) is 0. The number of fused-ring (bicyclic) bond motifs is 1. The Kier molecular flexibility index (Phi) is 1.32. The van der Waals surface area contributed by atoms with Gasteiger partial charge in [-0.1, -0.05) is 30.0 Å². The lowest BCUT2D eigenvalue weighted by molar-refractivity contribution is 1.41. The Morgan fingerprint density at radius 2 is 1.82 bits per heavy atom. The van der Waals surface area contributed by atoms with Gasteiger partial charge in [-0.3, -0.25) is 10.8 Å². The first kappa shape index (κ1) is 6.61. The van der Waals surface area contributed by atoms with Crippen molar-refractivity contribution in [2.24, 2.45) is 0 Å². The summed E-state index contributed by atoms with van der Waals surface area (Å²) >= 11 is 1.36. The van der Waals surface area contributed by atoms with Crippen LogP contribution in [-0.2, 0) is 0 Å². The second-order valence-corrected chi connectivity index (χ2v) is 3.35. The Hall–Kier alpha value is -1.09. The van der Waals surface area contributed by atoms with E-state index in [4.69, 9.17) is 10.8 Å². The Labute approximate surface area is 68.6 Å². The normalized spacial score (nSPS) is 15.3. The van der Waals surface area contributed by atoms with Gasteiger partial charge in [0.1, 0.15) is 5.04 Å². The summed E-state index contributed by atoms with van der Waals surface area (Å²) in [6.45, 7) is 0. The third kappa shape index (κ3) is 0.886. The van der Waals surface area contributed by atoms with Crippen LogP contribution in [0.25, 0.3) is 0 Å². The van der Waals surface area contributed by atoms with Gasteiger partial charge in [0.05, 0.1) is 5.71 Å². The first-order valence-corrected chi connectivity index (χ1v) is 4.05. The predicted octanol–water partition coefficient (Wildman–Crippen LogP) is 2.14. The highest BCUT2D eigenvalue weighted by Crippen LogP contribution is 2.31. The lowest BCUT2D eigenvalue weighted by Gasteiger charge is -1.91. The Bertz CT molecular complexity index is 344. The van der Waals surface area contributed by atoms with Crippen molar-refractivity contribution in [1.29, 1.82) is 10.8 Å². The van der Waals surface area contributed by atoms with Crippen molar-refractivity contribution < 1.29 is 0 Å². The van der Waals surface area contributed by atoms with Crippen LogP contribution in [0.5, 0.6) is 0 Å². The fourth-order valence-electron chi connectivity index (χ4n) is 1.05. The molecule has 0 spiro atoms. The minimum Gasteiger partial charge on any atom is -0.297 e. The van der Waals surface area contributed by atoms with Crippen molar-refractivity contribution in [1.82, 2.24) is 0 Å². The molecule has 0 aromatic heterocycles. The van der Waals surface area contributed by atoms with Crippen LogP contribution in [0, 0.1) is 10.8 Å². The van der Waals surface area contributed by atoms with Crippen LogP contribution in [0.1, 0.15) is 5.56 Å². The zero-order valence-electron chi connectivity index (χ0n) is 5.72. The summed E-state index contributed by atoms with van der Waals surface area (Å²) < 4.78 is 0. The highest BCUT2D eigenvalue weighted by molar-refractivity contribution is 8.16. The molecule has 1 aromatic carbocycles. The molecular formula is C8H6N2S. The van der Waals surface area contributed by atoms with Crippen molar-refractivity contribution in [3.8, 4) is 0 Å². The van der Waals surface area contributed by atoms with Gasteiger partial charge in [0.25, 0.3) is 0 Å². The quantitative estimate of drug-likeness (QED) is 0.603. The lowest BCUT2D eigenvalue weighted by Crippen LogP contribution is -2.00. The van der Waals surface area contributed by atoms with Crippen molar-refractivity contribution in [3.63, 3.8) is 0 Å². The largest absolute Gasteiger partial charge is 0.297 e. The van der Waals surface area contributed by atoms with E-state index in [0.29, 0.717) is 10.8 Å². The number of benzene rings is 1. The molecule has 2 N–H and O–H groups in total. The first-order chi connectivity index (χ1) is 5.29. The van der Waals surface area contributed by atoms with E-state index in [1.807, 2.05) is 24.3 Å². The smallest absolute Gasteiger partial charge is 0.118 e. The third-order valence-electron chi connectivity index (χ3n) is 1.60. The highest BCUT2D eigenvalue weighted by Gasteiger charge is 2.21. The monoisotopic (exact) mass is 162 g/mol. The van der Waals surface area contributed by atoms with Crippen LogP contribution in [0.3, 0.4) is 0 Å². The average Bonchev–Trinajstić information content (AvgIpc) is 2.30. The molecule has 1 aliphatic heterocycles. The summed E-state index contributed by atoms with van der Waals surface area (Å²) in [5.74, 6) is 0. The van der Waals surface area contributed by atoms with Gasteiger partial charge in [0.15, 0.2) is 0 Å². The van der Waals surface area contributed by atoms with Gasteiger partial charge < -0.3 is 0 Å². The standard InChI is InChI=1S/C8H6N2S/c9-7-5-3-1-2-4-6(5)11-8(7)10/h1-4,9-10H. The molecule has 3 heteroatoms. The van der Waals surface area contributed by atoms with Gasteiger partial charge in [-0.05, 0) is 6.07 Å². The van der Waals surface area contributed by atoms with Crippen LogP contribution in [0.4, 0.5) is 0 Å². The Balaban J connectivity index is 2.64. The van der Waals surface area contributed by atoms with Crippen LogP contribution in [0.2, 0.25) is 0 Å². The van der Waals surface area contributed by atoms with E-state index in [1.165, 1.54) is 11.8 Å². The molecule has 54 valence electrons. The number of hydrogen-bond donors (Lipinski definition) is 2. The molecule has 0 aliphatic carbocycles. The van der Waals surface area contributed by atoms with E-state index in [-0.39, 0.29) is 0 Å². The maximum absolute atomic E-state index is 7.49. The van der Waals surface area contributed by atoms with E-state index in [0.717, 1.165) is 10.5 Å². The molecule has 0 saturated heterocycles. The summed E-state index contributed by atoms with van der Waals surface area (Å²) in [6.07, 6.45) is 0. The minimum absolute atomic E-state index is 0.352. The molecule has 0 saturated carbocycles. The van der Waals surface area contributed by atoms with Crippen molar-refractivity contribution in [2.75, 3.05) is 0 Å². The molecule has 11 heavy (non-hydrogen) atoms. The molecule has 2 rings (SSSR count). The molecule has 0 unspecified atom stereocenters. The maximum atomic E-state index is 7.49. The minimum atomic E-state index is 0.352. The van der Waals surface area contributed by atoms with Crippen LogP contribution >= 0.6 is 11.8 Å². The van der Waals surface area contributed by atoms with E-state index in [9.17, 15) is 0 Å². The Morgan fingerprint density at radius 3 is 2.55 bits per heavy atom. The number of rotatable bonds is 0. The van der Waals surface area contributed by atoms with E-state index < -0.39 is 0 Å². The van der Waals surface area contributed by atoms with Gasteiger partial charge in [-0.2, -0.15) is 0 Å². The Morgan fingerprint density at radius 1 is 1.09 bits per heavy atom. The van der Waals surface area contributed by atoms with Gasteiger partial charge in [0, 0.05) is 10.5 Å². The predicted molar refractivity (Wildman–Crippen MR) is 46.9 cm³/mol. The summed E-state index contributed by atoms with van der Waals surface area (Å²) in [6, 6.07) is 7.65. The average molecular weight is 162 g/mol. The maximum Gasteiger partial charge on any atom is 0.118 e.